The van der Waals surface area contributed by atoms with Crippen molar-refractivity contribution in [3.05, 3.63) is 35.4 Å². The Morgan fingerprint density at radius 2 is 1.67 bits per heavy atom. The molecule has 1 aliphatic rings. The van der Waals surface area contributed by atoms with E-state index in [2.05, 4.69) is 70.7 Å². The van der Waals surface area contributed by atoms with E-state index < -0.39 is 0 Å². The minimum absolute atomic E-state index is 0.132. The van der Waals surface area contributed by atoms with Gasteiger partial charge in [0, 0.05) is 26.7 Å². The van der Waals surface area contributed by atoms with E-state index in [1.165, 1.54) is 11.1 Å². The standard InChI is InChI=1S/C21H35NO2/c1-15(12-22-13-16(2)24-17(3)14-22)20(23-7)18-8-10-19(11-9-18)21(4,5)6/h8-11,15-17,20H,12-14H2,1-7H3/t15?,16-,17+,20?. The van der Waals surface area contributed by atoms with E-state index in [0.717, 1.165) is 19.6 Å². The summed E-state index contributed by atoms with van der Waals surface area (Å²) in [4.78, 5) is 2.51. The molecule has 4 atom stereocenters. The Morgan fingerprint density at radius 1 is 1.12 bits per heavy atom. The molecule has 3 heteroatoms. The SMILES string of the molecule is COC(c1ccc(C(C)(C)C)cc1)C(C)CN1C[C@@H](C)O[C@@H](C)C1. The largest absolute Gasteiger partial charge is 0.376 e. The van der Waals surface area contributed by atoms with Crippen molar-refractivity contribution in [2.45, 2.75) is 65.3 Å². The van der Waals surface area contributed by atoms with Gasteiger partial charge in [-0.05, 0) is 36.3 Å². The molecule has 1 heterocycles. The molecule has 0 spiro atoms. The number of ether oxygens (including phenoxy) is 2. The molecule has 0 radical (unpaired) electrons. The second-order valence-corrected chi connectivity index (χ2v) is 8.48. The van der Waals surface area contributed by atoms with Gasteiger partial charge in [-0.3, -0.25) is 4.90 Å². The van der Waals surface area contributed by atoms with Crippen LogP contribution in [-0.4, -0.2) is 43.9 Å². The highest BCUT2D eigenvalue weighted by molar-refractivity contribution is 5.29. The first-order chi connectivity index (χ1) is 11.2. The predicted octanol–water partition coefficient (Wildman–Crippen LogP) is 4.42. The van der Waals surface area contributed by atoms with Crippen LogP contribution < -0.4 is 0 Å². The molecular formula is C21H35NO2. The third-order valence-electron chi connectivity index (χ3n) is 4.92. The Kier molecular flexibility index (Phi) is 6.46. The zero-order valence-corrected chi connectivity index (χ0v) is 16.5. The maximum absolute atomic E-state index is 5.86. The van der Waals surface area contributed by atoms with Crippen LogP contribution in [0, 0.1) is 5.92 Å². The summed E-state index contributed by atoms with van der Waals surface area (Å²) in [6, 6.07) is 8.95. The lowest BCUT2D eigenvalue weighted by Gasteiger charge is -2.38. The molecule has 1 aromatic rings. The molecule has 1 saturated heterocycles. The number of rotatable bonds is 5. The minimum Gasteiger partial charge on any atom is -0.376 e. The molecule has 0 N–H and O–H groups in total. The lowest BCUT2D eigenvalue weighted by molar-refractivity contribution is -0.0770. The lowest BCUT2D eigenvalue weighted by Crippen LogP contribution is -2.47. The topological polar surface area (TPSA) is 21.7 Å². The first kappa shape index (κ1) is 19.4. The van der Waals surface area contributed by atoms with Gasteiger partial charge in [-0.15, -0.1) is 0 Å². The van der Waals surface area contributed by atoms with Crippen molar-refractivity contribution in [3.8, 4) is 0 Å². The Morgan fingerprint density at radius 3 is 2.12 bits per heavy atom. The maximum atomic E-state index is 5.86. The second kappa shape index (κ2) is 7.99. The highest BCUT2D eigenvalue weighted by Gasteiger charge is 2.27. The van der Waals surface area contributed by atoms with Crippen LogP contribution in [0.1, 0.15) is 58.8 Å². The number of morpholine rings is 1. The van der Waals surface area contributed by atoms with E-state index >= 15 is 0 Å². The van der Waals surface area contributed by atoms with Gasteiger partial charge in [-0.2, -0.15) is 0 Å². The molecule has 0 aliphatic carbocycles. The Hall–Kier alpha value is -0.900. The molecule has 24 heavy (non-hydrogen) atoms. The molecule has 136 valence electrons. The van der Waals surface area contributed by atoms with E-state index in [-0.39, 0.29) is 11.5 Å². The highest BCUT2D eigenvalue weighted by atomic mass is 16.5. The van der Waals surface area contributed by atoms with Gasteiger partial charge in [0.1, 0.15) is 0 Å². The van der Waals surface area contributed by atoms with Crippen molar-refractivity contribution in [1.29, 1.82) is 0 Å². The minimum atomic E-state index is 0.132. The molecule has 0 saturated carbocycles. The highest BCUT2D eigenvalue weighted by Crippen LogP contribution is 2.29. The van der Waals surface area contributed by atoms with E-state index in [9.17, 15) is 0 Å². The van der Waals surface area contributed by atoms with Gasteiger partial charge in [-0.1, -0.05) is 52.0 Å². The van der Waals surface area contributed by atoms with Gasteiger partial charge in [0.15, 0.2) is 0 Å². The fourth-order valence-corrected chi connectivity index (χ4v) is 3.81. The zero-order chi connectivity index (χ0) is 17.9. The molecular weight excluding hydrogens is 298 g/mol. The third kappa shape index (κ3) is 5.05. The summed E-state index contributed by atoms with van der Waals surface area (Å²) in [7, 11) is 1.82. The van der Waals surface area contributed by atoms with Crippen LogP contribution in [0.2, 0.25) is 0 Å². The van der Waals surface area contributed by atoms with Crippen LogP contribution >= 0.6 is 0 Å². The molecule has 3 nitrogen and oxygen atoms in total. The average molecular weight is 334 g/mol. The fraction of sp³-hybridized carbons (Fsp3) is 0.714. The molecule has 1 aromatic carbocycles. The molecule has 0 aromatic heterocycles. The third-order valence-corrected chi connectivity index (χ3v) is 4.92. The summed E-state index contributed by atoms with van der Waals surface area (Å²) in [5, 5.41) is 0. The number of hydrogen-bond acceptors (Lipinski definition) is 3. The van der Waals surface area contributed by atoms with Gasteiger partial charge in [-0.25, -0.2) is 0 Å². The van der Waals surface area contributed by atoms with Crippen molar-refractivity contribution in [2.24, 2.45) is 5.92 Å². The van der Waals surface area contributed by atoms with Crippen molar-refractivity contribution in [2.75, 3.05) is 26.7 Å². The molecule has 0 amide bonds. The average Bonchev–Trinajstić information content (AvgIpc) is 2.46. The van der Waals surface area contributed by atoms with Crippen molar-refractivity contribution in [1.82, 2.24) is 4.90 Å². The Labute approximate surface area is 148 Å². The molecule has 1 aliphatic heterocycles. The monoisotopic (exact) mass is 333 g/mol. The summed E-state index contributed by atoms with van der Waals surface area (Å²) >= 11 is 0. The Bertz CT molecular complexity index is 496. The summed E-state index contributed by atoms with van der Waals surface area (Å²) < 4.78 is 11.7. The number of hydrogen-bond donors (Lipinski definition) is 0. The summed E-state index contributed by atoms with van der Waals surface area (Å²) in [6.07, 6.45) is 0.758. The predicted molar refractivity (Wildman–Crippen MR) is 101 cm³/mol. The van der Waals surface area contributed by atoms with Gasteiger partial charge in [0.25, 0.3) is 0 Å². The number of nitrogens with zero attached hydrogens (tertiary/aromatic N) is 1. The summed E-state index contributed by atoms with van der Waals surface area (Å²) in [6.45, 7) is 16.4. The molecule has 2 rings (SSSR count). The number of benzene rings is 1. The molecule has 2 unspecified atom stereocenters. The fourth-order valence-electron chi connectivity index (χ4n) is 3.81. The van der Waals surface area contributed by atoms with Gasteiger partial charge < -0.3 is 9.47 Å². The molecule has 0 bridgehead atoms. The first-order valence-electron chi connectivity index (χ1n) is 9.21. The normalized spacial score (nSPS) is 25.5. The smallest absolute Gasteiger partial charge is 0.0858 e. The lowest BCUT2D eigenvalue weighted by atomic mass is 9.85. The van der Waals surface area contributed by atoms with Crippen LogP contribution in [0.25, 0.3) is 0 Å². The van der Waals surface area contributed by atoms with E-state index in [1.807, 2.05) is 7.11 Å². The van der Waals surface area contributed by atoms with Crippen LogP contribution in [0.3, 0.4) is 0 Å². The molecule has 1 fully saturated rings. The summed E-state index contributed by atoms with van der Waals surface area (Å²) in [5.41, 5.74) is 2.82. The van der Waals surface area contributed by atoms with Gasteiger partial charge in [0.05, 0.1) is 18.3 Å². The second-order valence-electron chi connectivity index (χ2n) is 8.48. The zero-order valence-electron chi connectivity index (χ0n) is 16.5. The van der Waals surface area contributed by atoms with Crippen LogP contribution in [-0.2, 0) is 14.9 Å². The van der Waals surface area contributed by atoms with Crippen molar-refractivity contribution in [3.63, 3.8) is 0 Å². The van der Waals surface area contributed by atoms with Gasteiger partial charge >= 0.3 is 0 Å². The van der Waals surface area contributed by atoms with Crippen molar-refractivity contribution < 1.29 is 9.47 Å². The van der Waals surface area contributed by atoms with Crippen molar-refractivity contribution >= 4 is 0 Å². The van der Waals surface area contributed by atoms with E-state index in [4.69, 9.17) is 9.47 Å². The van der Waals surface area contributed by atoms with E-state index in [0.29, 0.717) is 18.1 Å². The quantitative estimate of drug-likeness (QED) is 0.796. The van der Waals surface area contributed by atoms with Crippen LogP contribution in [0.15, 0.2) is 24.3 Å². The first-order valence-corrected chi connectivity index (χ1v) is 9.21. The summed E-state index contributed by atoms with van der Waals surface area (Å²) in [5.74, 6) is 0.438. The number of methoxy groups -OCH3 is 1. The van der Waals surface area contributed by atoms with E-state index in [1.54, 1.807) is 0 Å². The van der Waals surface area contributed by atoms with Crippen LogP contribution in [0.4, 0.5) is 0 Å². The maximum Gasteiger partial charge on any atom is 0.0858 e. The van der Waals surface area contributed by atoms with Gasteiger partial charge in [0.2, 0.25) is 0 Å². The Balaban J connectivity index is 2.04. The van der Waals surface area contributed by atoms with Crippen LogP contribution in [0.5, 0.6) is 0 Å².